The van der Waals surface area contributed by atoms with E-state index in [9.17, 15) is 19.2 Å². The third-order valence-corrected chi connectivity index (χ3v) is 7.06. The van der Waals surface area contributed by atoms with Crippen molar-refractivity contribution in [3.63, 3.8) is 0 Å². The van der Waals surface area contributed by atoms with Crippen molar-refractivity contribution in [2.45, 2.75) is 18.9 Å². The Bertz CT molecular complexity index is 1110. The Balaban J connectivity index is 1.45. The van der Waals surface area contributed by atoms with E-state index >= 15 is 0 Å². The lowest BCUT2D eigenvalue weighted by molar-refractivity contribution is -0.129. The van der Waals surface area contributed by atoms with Crippen molar-refractivity contribution in [3.05, 3.63) is 45.6 Å². The SMILES string of the molecule is O=C(CCCCl)N(C[C@H]1CN(c2ccc(N3CCOCC3=O)cc2)C(=O)O1)C(=O)c1ccc(Cl)s1. The molecule has 2 saturated heterocycles. The van der Waals surface area contributed by atoms with Crippen molar-refractivity contribution >= 4 is 69.7 Å². The molecular weight excluding hydrogens is 517 g/mol. The molecule has 0 bridgehead atoms. The number of halogens is 2. The minimum atomic E-state index is -0.706. The Morgan fingerprint density at radius 3 is 2.43 bits per heavy atom. The van der Waals surface area contributed by atoms with E-state index in [1.165, 1.54) is 4.90 Å². The molecule has 4 amide bonds. The number of carbonyl (C=O) groups excluding carboxylic acids is 4. The summed E-state index contributed by atoms with van der Waals surface area (Å²) in [5.41, 5.74) is 1.29. The van der Waals surface area contributed by atoms with Gasteiger partial charge in [0.1, 0.15) is 12.7 Å². The quantitative estimate of drug-likeness (QED) is 0.473. The van der Waals surface area contributed by atoms with Gasteiger partial charge in [-0.1, -0.05) is 11.6 Å². The second kappa shape index (κ2) is 11.4. The van der Waals surface area contributed by atoms with Gasteiger partial charge in [-0.25, -0.2) is 4.79 Å². The maximum absolute atomic E-state index is 13.0. The number of hydrogen-bond acceptors (Lipinski definition) is 7. The highest BCUT2D eigenvalue weighted by atomic mass is 35.5. The van der Waals surface area contributed by atoms with Crippen LogP contribution in [0.25, 0.3) is 0 Å². The number of thiophene rings is 1. The lowest BCUT2D eigenvalue weighted by Crippen LogP contribution is -2.43. The van der Waals surface area contributed by atoms with Crippen LogP contribution in [-0.2, 0) is 19.1 Å². The molecule has 186 valence electrons. The summed E-state index contributed by atoms with van der Waals surface area (Å²) in [4.78, 5) is 54.9. The van der Waals surface area contributed by atoms with E-state index in [1.807, 2.05) is 0 Å². The summed E-state index contributed by atoms with van der Waals surface area (Å²) in [5, 5.41) is 0. The lowest BCUT2D eigenvalue weighted by atomic mass is 10.2. The summed E-state index contributed by atoms with van der Waals surface area (Å²) in [6.07, 6.45) is -0.767. The van der Waals surface area contributed by atoms with Gasteiger partial charge >= 0.3 is 6.09 Å². The first-order valence-electron chi connectivity index (χ1n) is 11.0. The number of amides is 4. The molecule has 35 heavy (non-hydrogen) atoms. The smallest absolute Gasteiger partial charge is 0.414 e. The predicted octanol–water partition coefficient (Wildman–Crippen LogP) is 3.78. The third-order valence-electron chi connectivity index (χ3n) is 5.57. The van der Waals surface area contributed by atoms with E-state index in [1.54, 1.807) is 41.3 Å². The first kappa shape index (κ1) is 25.4. The molecule has 0 N–H and O–H groups in total. The minimum absolute atomic E-state index is 0.0401. The van der Waals surface area contributed by atoms with Crippen LogP contribution in [-0.4, -0.2) is 73.5 Å². The normalized spacial score (nSPS) is 18.1. The molecule has 4 rings (SSSR count). The first-order chi connectivity index (χ1) is 16.9. The van der Waals surface area contributed by atoms with Gasteiger partial charge in [0.05, 0.1) is 28.9 Å². The second-order valence-corrected chi connectivity index (χ2v) is 10.0. The van der Waals surface area contributed by atoms with Gasteiger partial charge in [-0.3, -0.25) is 24.2 Å². The van der Waals surface area contributed by atoms with E-state index in [0.717, 1.165) is 16.2 Å². The number of carbonyl (C=O) groups is 4. The van der Waals surface area contributed by atoms with Crippen molar-refractivity contribution in [1.82, 2.24) is 4.90 Å². The van der Waals surface area contributed by atoms with E-state index in [4.69, 9.17) is 32.7 Å². The fourth-order valence-corrected chi connectivity index (χ4v) is 4.97. The number of alkyl halides is 1. The van der Waals surface area contributed by atoms with Gasteiger partial charge in [0.25, 0.3) is 11.8 Å². The summed E-state index contributed by atoms with van der Waals surface area (Å²) in [5.74, 6) is -0.721. The van der Waals surface area contributed by atoms with E-state index in [2.05, 4.69) is 0 Å². The summed E-state index contributed by atoms with van der Waals surface area (Å²) >= 11 is 12.8. The molecule has 1 aromatic heterocycles. The molecule has 2 aliphatic heterocycles. The average molecular weight is 540 g/mol. The molecule has 12 heteroatoms. The maximum Gasteiger partial charge on any atom is 0.414 e. The number of ether oxygens (including phenoxy) is 2. The number of hydrogen-bond donors (Lipinski definition) is 0. The van der Waals surface area contributed by atoms with Crippen molar-refractivity contribution in [2.24, 2.45) is 0 Å². The monoisotopic (exact) mass is 539 g/mol. The molecule has 0 saturated carbocycles. The highest BCUT2D eigenvalue weighted by Crippen LogP contribution is 2.27. The van der Waals surface area contributed by atoms with Crippen LogP contribution >= 0.6 is 34.5 Å². The number of benzene rings is 1. The molecule has 0 spiro atoms. The summed E-state index contributed by atoms with van der Waals surface area (Å²) in [7, 11) is 0. The van der Waals surface area contributed by atoms with Crippen LogP contribution in [0, 0.1) is 0 Å². The van der Waals surface area contributed by atoms with Gasteiger partial charge in [0.15, 0.2) is 0 Å². The van der Waals surface area contributed by atoms with Crippen LogP contribution in [0.5, 0.6) is 0 Å². The highest BCUT2D eigenvalue weighted by Gasteiger charge is 2.36. The van der Waals surface area contributed by atoms with Crippen LogP contribution in [0.2, 0.25) is 4.34 Å². The predicted molar refractivity (Wildman–Crippen MR) is 133 cm³/mol. The molecule has 0 unspecified atom stereocenters. The van der Waals surface area contributed by atoms with Crippen LogP contribution < -0.4 is 9.80 Å². The van der Waals surface area contributed by atoms with Gasteiger partial charge < -0.3 is 14.4 Å². The van der Waals surface area contributed by atoms with Gasteiger partial charge in [0, 0.05) is 30.2 Å². The number of anilines is 2. The molecule has 1 aromatic carbocycles. The van der Waals surface area contributed by atoms with Crippen LogP contribution in [0.1, 0.15) is 22.5 Å². The van der Waals surface area contributed by atoms with Gasteiger partial charge in [0.2, 0.25) is 5.91 Å². The largest absolute Gasteiger partial charge is 0.442 e. The summed E-state index contributed by atoms with van der Waals surface area (Å²) in [6.45, 7) is 1.04. The Labute approximate surface area is 216 Å². The molecule has 3 heterocycles. The molecular formula is C23H23Cl2N3O6S. The summed E-state index contributed by atoms with van der Waals surface area (Å²) in [6, 6.07) is 10.1. The van der Waals surface area contributed by atoms with Crippen LogP contribution in [0.15, 0.2) is 36.4 Å². The molecule has 2 fully saturated rings. The standard InChI is InChI=1S/C23H23Cl2N3O6S/c24-9-1-2-20(29)28(22(31)18-7-8-19(25)35-18)13-17-12-27(23(32)34-17)16-5-3-15(4-6-16)26-10-11-33-14-21(26)30/h3-8,17H,1-2,9-14H2/t17-/m1/s1. The molecule has 2 aliphatic rings. The van der Waals surface area contributed by atoms with Crippen molar-refractivity contribution in [1.29, 1.82) is 0 Å². The number of rotatable bonds is 8. The highest BCUT2D eigenvalue weighted by molar-refractivity contribution is 7.18. The Kier molecular flexibility index (Phi) is 8.27. The number of nitrogens with zero attached hydrogens (tertiary/aromatic N) is 3. The van der Waals surface area contributed by atoms with Crippen LogP contribution in [0.4, 0.5) is 16.2 Å². The Morgan fingerprint density at radius 2 is 1.80 bits per heavy atom. The fourth-order valence-electron chi connectivity index (χ4n) is 3.85. The van der Waals surface area contributed by atoms with E-state index in [-0.39, 0.29) is 37.9 Å². The number of cyclic esters (lactones) is 1. The minimum Gasteiger partial charge on any atom is -0.442 e. The van der Waals surface area contributed by atoms with Gasteiger partial charge in [-0.2, -0.15) is 0 Å². The second-order valence-electron chi connectivity index (χ2n) is 7.94. The lowest BCUT2D eigenvalue weighted by Gasteiger charge is -2.27. The Hall–Kier alpha value is -2.66. The topological polar surface area (TPSA) is 96.5 Å². The average Bonchev–Trinajstić information content (AvgIpc) is 3.46. The van der Waals surface area contributed by atoms with Crippen molar-refractivity contribution in [3.8, 4) is 0 Å². The van der Waals surface area contributed by atoms with Crippen molar-refractivity contribution < 1.29 is 28.7 Å². The summed E-state index contributed by atoms with van der Waals surface area (Å²) < 4.78 is 11.1. The molecule has 0 radical (unpaired) electrons. The van der Waals surface area contributed by atoms with Gasteiger partial charge in [-0.15, -0.1) is 22.9 Å². The van der Waals surface area contributed by atoms with Gasteiger partial charge in [-0.05, 0) is 42.8 Å². The van der Waals surface area contributed by atoms with E-state index in [0.29, 0.717) is 40.2 Å². The number of morpholine rings is 1. The molecule has 0 aliphatic carbocycles. The zero-order valence-corrected chi connectivity index (χ0v) is 21.0. The molecule has 2 aromatic rings. The van der Waals surface area contributed by atoms with Crippen LogP contribution in [0.3, 0.4) is 0 Å². The number of imide groups is 1. The third kappa shape index (κ3) is 5.95. The molecule has 1 atom stereocenters. The first-order valence-corrected chi connectivity index (χ1v) is 12.7. The van der Waals surface area contributed by atoms with Crippen molar-refractivity contribution in [2.75, 3.05) is 48.5 Å². The zero-order chi connectivity index (χ0) is 24.9. The fraction of sp³-hybridized carbons (Fsp3) is 0.391. The maximum atomic E-state index is 13.0. The van der Waals surface area contributed by atoms with E-state index < -0.39 is 24.0 Å². The zero-order valence-electron chi connectivity index (χ0n) is 18.7. The molecule has 9 nitrogen and oxygen atoms in total. The Morgan fingerprint density at radius 1 is 1.09 bits per heavy atom.